The molecule has 2 aromatic carbocycles. The van der Waals surface area contributed by atoms with E-state index in [0.717, 1.165) is 15.6 Å². The van der Waals surface area contributed by atoms with Crippen molar-refractivity contribution in [2.75, 3.05) is 14.2 Å². The van der Waals surface area contributed by atoms with Gasteiger partial charge in [-0.15, -0.1) is 0 Å². The first-order valence-electron chi connectivity index (χ1n) is 6.27. The monoisotopic (exact) mass is 343 g/mol. The maximum atomic E-state index is 9.40. The molecule has 2 aromatic rings. The fourth-order valence-corrected chi connectivity index (χ4v) is 2.36. The number of hydrogen-bond donors (Lipinski definition) is 0. The van der Waals surface area contributed by atoms with Gasteiger partial charge in [0.15, 0.2) is 11.5 Å². The number of nitrogens with zero attached hydrogens (tertiary/aromatic N) is 1. The SMILES string of the molecule is COc1ccc(/C(C#N)=C/c2cccc(Br)c2)cc1OC. The molecular weight excluding hydrogens is 330 g/mol. The van der Waals surface area contributed by atoms with E-state index in [1.165, 1.54) is 0 Å². The average Bonchev–Trinajstić information content (AvgIpc) is 2.52. The minimum Gasteiger partial charge on any atom is -0.493 e. The van der Waals surface area contributed by atoms with Crippen LogP contribution >= 0.6 is 15.9 Å². The quantitative estimate of drug-likeness (QED) is 0.604. The highest BCUT2D eigenvalue weighted by molar-refractivity contribution is 9.10. The van der Waals surface area contributed by atoms with Gasteiger partial charge in [0, 0.05) is 4.47 Å². The highest BCUT2D eigenvalue weighted by atomic mass is 79.9. The number of ether oxygens (including phenoxy) is 2. The molecule has 0 aliphatic carbocycles. The molecule has 0 saturated heterocycles. The van der Waals surface area contributed by atoms with Gasteiger partial charge in [-0.25, -0.2) is 0 Å². The van der Waals surface area contributed by atoms with E-state index >= 15 is 0 Å². The Morgan fingerprint density at radius 3 is 2.48 bits per heavy atom. The lowest BCUT2D eigenvalue weighted by Gasteiger charge is -2.09. The van der Waals surface area contributed by atoms with Gasteiger partial charge in [0.2, 0.25) is 0 Å². The van der Waals surface area contributed by atoms with Crippen molar-refractivity contribution in [1.29, 1.82) is 5.26 Å². The fraction of sp³-hybridized carbons (Fsp3) is 0.118. The Hall–Kier alpha value is -2.25. The van der Waals surface area contributed by atoms with E-state index in [1.54, 1.807) is 26.4 Å². The van der Waals surface area contributed by atoms with E-state index < -0.39 is 0 Å². The second-order valence-corrected chi connectivity index (χ2v) is 5.21. The van der Waals surface area contributed by atoms with Crippen LogP contribution in [0.2, 0.25) is 0 Å². The van der Waals surface area contributed by atoms with Crippen molar-refractivity contribution >= 4 is 27.6 Å². The lowest BCUT2D eigenvalue weighted by molar-refractivity contribution is 0.355. The van der Waals surface area contributed by atoms with Gasteiger partial charge in [-0.2, -0.15) is 5.26 Å². The molecule has 106 valence electrons. The van der Waals surface area contributed by atoms with Gasteiger partial charge in [-0.05, 0) is 47.5 Å². The third-order valence-electron chi connectivity index (χ3n) is 2.97. The molecule has 0 aliphatic heterocycles. The number of halogens is 1. The molecule has 21 heavy (non-hydrogen) atoms. The summed E-state index contributed by atoms with van der Waals surface area (Å²) in [5, 5.41) is 9.40. The zero-order valence-electron chi connectivity index (χ0n) is 11.8. The molecule has 0 radical (unpaired) electrons. The van der Waals surface area contributed by atoms with Gasteiger partial charge in [0.05, 0.1) is 25.9 Å². The molecule has 0 spiro atoms. The summed E-state index contributed by atoms with van der Waals surface area (Å²) in [5.74, 6) is 1.24. The Bertz CT molecular complexity index is 717. The summed E-state index contributed by atoms with van der Waals surface area (Å²) in [6.07, 6.45) is 1.84. The summed E-state index contributed by atoms with van der Waals surface area (Å²) >= 11 is 3.42. The van der Waals surface area contributed by atoms with E-state index in [2.05, 4.69) is 22.0 Å². The largest absolute Gasteiger partial charge is 0.493 e. The Balaban J connectivity index is 2.45. The third kappa shape index (κ3) is 3.65. The molecule has 0 heterocycles. The molecule has 0 aromatic heterocycles. The molecule has 0 saturated carbocycles. The van der Waals surface area contributed by atoms with Crippen molar-refractivity contribution in [2.45, 2.75) is 0 Å². The molecule has 2 rings (SSSR count). The van der Waals surface area contributed by atoms with Crippen LogP contribution in [0, 0.1) is 11.3 Å². The predicted octanol–water partition coefficient (Wildman–Crippen LogP) is 4.53. The maximum Gasteiger partial charge on any atom is 0.161 e. The third-order valence-corrected chi connectivity index (χ3v) is 3.47. The molecule has 0 atom stereocenters. The van der Waals surface area contributed by atoms with Crippen molar-refractivity contribution < 1.29 is 9.47 Å². The van der Waals surface area contributed by atoms with Gasteiger partial charge in [-0.3, -0.25) is 0 Å². The van der Waals surface area contributed by atoms with Crippen LogP contribution in [0.1, 0.15) is 11.1 Å². The molecule has 0 unspecified atom stereocenters. The van der Waals surface area contributed by atoms with Gasteiger partial charge >= 0.3 is 0 Å². The van der Waals surface area contributed by atoms with Crippen molar-refractivity contribution in [1.82, 2.24) is 0 Å². The second-order valence-electron chi connectivity index (χ2n) is 4.29. The lowest BCUT2D eigenvalue weighted by Crippen LogP contribution is -1.92. The van der Waals surface area contributed by atoms with Crippen LogP contribution in [0.15, 0.2) is 46.9 Å². The first-order chi connectivity index (χ1) is 10.2. The van der Waals surface area contributed by atoms with Gasteiger partial charge in [-0.1, -0.05) is 28.1 Å². The first-order valence-corrected chi connectivity index (χ1v) is 7.07. The summed E-state index contributed by atoms with van der Waals surface area (Å²) in [6.45, 7) is 0. The summed E-state index contributed by atoms with van der Waals surface area (Å²) < 4.78 is 11.4. The van der Waals surface area contributed by atoms with E-state index in [4.69, 9.17) is 9.47 Å². The van der Waals surface area contributed by atoms with Crippen molar-refractivity contribution in [3.05, 3.63) is 58.1 Å². The van der Waals surface area contributed by atoms with E-state index in [0.29, 0.717) is 17.1 Å². The Morgan fingerprint density at radius 2 is 1.86 bits per heavy atom. The minimum atomic E-state index is 0.564. The number of rotatable bonds is 4. The Morgan fingerprint density at radius 1 is 1.10 bits per heavy atom. The van der Waals surface area contributed by atoms with Gasteiger partial charge < -0.3 is 9.47 Å². The fourth-order valence-electron chi connectivity index (χ4n) is 1.95. The molecule has 3 nitrogen and oxygen atoms in total. The van der Waals surface area contributed by atoms with Gasteiger partial charge in [0.25, 0.3) is 0 Å². The highest BCUT2D eigenvalue weighted by Gasteiger charge is 2.08. The lowest BCUT2D eigenvalue weighted by atomic mass is 10.0. The molecule has 0 bridgehead atoms. The molecule has 0 N–H and O–H groups in total. The summed E-state index contributed by atoms with van der Waals surface area (Å²) in [6, 6.07) is 15.4. The minimum absolute atomic E-state index is 0.564. The van der Waals surface area contributed by atoms with Crippen LogP contribution in [0.5, 0.6) is 11.5 Å². The summed E-state index contributed by atoms with van der Waals surface area (Å²) in [5.41, 5.74) is 2.31. The van der Waals surface area contributed by atoms with Crippen LogP contribution < -0.4 is 9.47 Å². The van der Waals surface area contributed by atoms with Crippen molar-refractivity contribution in [2.24, 2.45) is 0 Å². The second kappa shape index (κ2) is 6.96. The maximum absolute atomic E-state index is 9.40. The standard InChI is InChI=1S/C17H14BrNO2/c1-20-16-7-6-13(10-17(16)21-2)14(11-19)8-12-4-3-5-15(18)9-12/h3-10H,1-2H3/b14-8+. The molecule has 0 fully saturated rings. The molecular formula is C17H14BrNO2. The highest BCUT2D eigenvalue weighted by Crippen LogP contribution is 2.31. The van der Waals surface area contributed by atoms with E-state index in [9.17, 15) is 5.26 Å². The number of benzene rings is 2. The number of nitriles is 1. The average molecular weight is 344 g/mol. The number of hydrogen-bond acceptors (Lipinski definition) is 3. The number of methoxy groups -OCH3 is 2. The zero-order chi connectivity index (χ0) is 15.2. The number of allylic oxidation sites excluding steroid dienone is 1. The molecule has 4 heteroatoms. The Kier molecular flexibility index (Phi) is 5.02. The van der Waals surface area contributed by atoms with Gasteiger partial charge in [0.1, 0.15) is 0 Å². The van der Waals surface area contributed by atoms with E-state index in [-0.39, 0.29) is 0 Å². The van der Waals surface area contributed by atoms with E-state index in [1.807, 2.05) is 36.4 Å². The predicted molar refractivity (Wildman–Crippen MR) is 87.2 cm³/mol. The topological polar surface area (TPSA) is 42.2 Å². The normalized spacial score (nSPS) is 10.9. The van der Waals surface area contributed by atoms with Crippen LogP contribution in [0.4, 0.5) is 0 Å². The zero-order valence-corrected chi connectivity index (χ0v) is 13.3. The Labute approximate surface area is 132 Å². The van der Waals surface area contributed by atoms with Crippen LogP contribution in [-0.4, -0.2) is 14.2 Å². The van der Waals surface area contributed by atoms with Crippen LogP contribution in [0.25, 0.3) is 11.6 Å². The summed E-state index contributed by atoms with van der Waals surface area (Å²) in [7, 11) is 3.16. The van der Waals surface area contributed by atoms with Crippen LogP contribution in [-0.2, 0) is 0 Å². The smallest absolute Gasteiger partial charge is 0.161 e. The first kappa shape index (κ1) is 15.1. The van der Waals surface area contributed by atoms with Crippen molar-refractivity contribution in [3.8, 4) is 17.6 Å². The van der Waals surface area contributed by atoms with Crippen molar-refractivity contribution in [3.63, 3.8) is 0 Å². The van der Waals surface area contributed by atoms with Crippen LogP contribution in [0.3, 0.4) is 0 Å². The molecule has 0 aliphatic rings. The molecule has 0 amide bonds. The summed E-state index contributed by atoms with van der Waals surface area (Å²) in [4.78, 5) is 0.